The van der Waals surface area contributed by atoms with Crippen LogP contribution in [0.25, 0.3) is 0 Å². The molecule has 1 aliphatic carbocycles. The molecule has 0 aromatic carbocycles. The van der Waals surface area contributed by atoms with Crippen LogP contribution in [0, 0.1) is 6.92 Å². The molecule has 0 atom stereocenters. The number of rotatable bonds is 5. The maximum absolute atomic E-state index is 13.2. The number of aryl methyl sites for hydroxylation is 1. The molecule has 6 nitrogen and oxygen atoms in total. The van der Waals surface area contributed by atoms with Crippen molar-refractivity contribution in [3.05, 3.63) is 27.3 Å². The van der Waals surface area contributed by atoms with Crippen molar-refractivity contribution in [3.63, 3.8) is 0 Å². The van der Waals surface area contributed by atoms with Gasteiger partial charge in [-0.3, -0.25) is 4.90 Å². The Morgan fingerprint density at radius 1 is 1.26 bits per heavy atom. The van der Waals surface area contributed by atoms with E-state index in [4.69, 9.17) is 9.26 Å². The number of piperidine rings is 1. The molecule has 0 amide bonds. The SMILES string of the molecule is COC1(c2nc(C3CC3)no2)CCN(Cc2sc(C)nc2C(F)(F)F)CC1. The standard InChI is InChI=1S/C17H21F3N4O2S/c1-10-21-13(17(18,19)20)12(27-10)9-24-7-5-16(25-2,6-8-24)15-22-14(23-26-15)11-3-4-11/h11H,3-9H2,1-2H3. The molecule has 1 saturated heterocycles. The highest BCUT2D eigenvalue weighted by molar-refractivity contribution is 7.11. The van der Waals surface area contributed by atoms with Gasteiger partial charge in [-0.2, -0.15) is 18.2 Å². The van der Waals surface area contributed by atoms with E-state index in [0.717, 1.165) is 30.0 Å². The quantitative estimate of drug-likeness (QED) is 0.757. The minimum atomic E-state index is -4.42. The van der Waals surface area contributed by atoms with Crippen molar-refractivity contribution in [1.82, 2.24) is 20.0 Å². The Kier molecular flexibility index (Phi) is 4.76. The molecule has 2 aromatic heterocycles. The third-order valence-electron chi connectivity index (χ3n) is 5.27. The summed E-state index contributed by atoms with van der Waals surface area (Å²) >= 11 is 1.11. The van der Waals surface area contributed by atoms with E-state index in [1.807, 2.05) is 4.90 Å². The predicted octanol–water partition coefficient (Wildman–Crippen LogP) is 3.87. The van der Waals surface area contributed by atoms with Crippen molar-refractivity contribution in [2.45, 2.75) is 56.8 Å². The zero-order valence-corrected chi connectivity index (χ0v) is 16.0. The van der Waals surface area contributed by atoms with Crippen LogP contribution in [-0.2, 0) is 23.1 Å². The van der Waals surface area contributed by atoms with E-state index in [1.54, 1.807) is 14.0 Å². The first kappa shape index (κ1) is 18.8. The molecule has 10 heteroatoms. The highest BCUT2D eigenvalue weighted by Crippen LogP contribution is 2.41. The average Bonchev–Trinajstić information content (AvgIpc) is 3.22. The van der Waals surface area contributed by atoms with Crippen LogP contribution >= 0.6 is 11.3 Å². The first-order chi connectivity index (χ1) is 12.8. The maximum atomic E-state index is 13.2. The van der Waals surface area contributed by atoms with Gasteiger partial charge in [0.05, 0.1) is 9.88 Å². The number of hydrogen-bond donors (Lipinski definition) is 0. The number of methoxy groups -OCH3 is 1. The van der Waals surface area contributed by atoms with Crippen molar-refractivity contribution in [2.24, 2.45) is 0 Å². The molecule has 0 radical (unpaired) electrons. The Bertz CT molecular complexity index is 807. The van der Waals surface area contributed by atoms with Gasteiger partial charge in [-0.05, 0) is 32.6 Å². The smallest absolute Gasteiger partial charge is 0.368 e. The number of halogens is 3. The maximum Gasteiger partial charge on any atom is 0.434 e. The molecule has 2 aliphatic rings. The van der Waals surface area contributed by atoms with Crippen molar-refractivity contribution in [2.75, 3.05) is 20.2 Å². The Balaban J connectivity index is 1.45. The molecule has 4 rings (SSSR count). The van der Waals surface area contributed by atoms with E-state index in [-0.39, 0.29) is 11.4 Å². The molecule has 27 heavy (non-hydrogen) atoms. The van der Waals surface area contributed by atoms with Gasteiger partial charge in [0, 0.05) is 32.7 Å². The summed E-state index contributed by atoms with van der Waals surface area (Å²) in [6.45, 7) is 3.01. The van der Waals surface area contributed by atoms with E-state index in [0.29, 0.717) is 42.7 Å². The summed E-state index contributed by atoms with van der Waals surface area (Å²) in [6, 6.07) is 0. The molecule has 0 N–H and O–H groups in total. The van der Waals surface area contributed by atoms with Crippen LogP contribution in [0.4, 0.5) is 13.2 Å². The Morgan fingerprint density at radius 3 is 2.56 bits per heavy atom. The topological polar surface area (TPSA) is 64.3 Å². The van der Waals surface area contributed by atoms with Crippen LogP contribution in [0.1, 0.15) is 58.9 Å². The lowest BCUT2D eigenvalue weighted by molar-refractivity contribution is -0.141. The molecule has 0 bridgehead atoms. The summed E-state index contributed by atoms with van der Waals surface area (Å²) in [5.74, 6) is 1.61. The van der Waals surface area contributed by atoms with E-state index in [2.05, 4.69) is 15.1 Å². The number of alkyl halides is 3. The zero-order valence-electron chi connectivity index (χ0n) is 15.2. The summed E-state index contributed by atoms with van der Waals surface area (Å²) in [5.41, 5.74) is -1.42. The van der Waals surface area contributed by atoms with Gasteiger partial charge in [-0.25, -0.2) is 4.98 Å². The summed E-state index contributed by atoms with van der Waals surface area (Å²) in [5, 5.41) is 4.49. The van der Waals surface area contributed by atoms with Gasteiger partial charge in [0.2, 0.25) is 0 Å². The van der Waals surface area contributed by atoms with E-state index in [1.165, 1.54) is 0 Å². The molecule has 3 heterocycles. The fourth-order valence-electron chi connectivity index (χ4n) is 3.51. The minimum absolute atomic E-state index is 0.233. The number of hydrogen-bond acceptors (Lipinski definition) is 7. The zero-order chi connectivity index (χ0) is 19.2. The van der Waals surface area contributed by atoms with E-state index >= 15 is 0 Å². The summed E-state index contributed by atoms with van der Waals surface area (Å²) < 4.78 is 50.7. The van der Waals surface area contributed by atoms with Crippen molar-refractivity contribution in [1.29, 1.82) is 0 Å². The van der Waals surface area contributed by atoms with Gasteiger partial charge < -0.3 is 9.26 Å². The lowest BCUT2D eigenvalue weighted by atomic mass is 9.90. The van der Waals surface area contributed by atoms with Gasteiger partial charge in [0.25, 0.3) is 5.89 Å². The van der Waals surface area contributed by atoms with Crippen molar-refractivity contribution in [3.8, 4) is 0 Å². The first-order valence-electron chi connectivity index (χ1n) is 8.96. The Morgan fingerprint density at radius 2 is 1.96 bits per heavy atom. The van der Waals surface area contributed by atoms with Gasteiger partial charge in [-0.15, -0.1) is 11.3 Å². The van der Waals surface area contributed by atoms with Gasteiger partial charge in [0.15, 0.2) is 11.5 Å². The number of aromatic nitrogens is 3. The summed E-state index contributed by atoms with van der Waals surface area (Å²) in [7, 11) is 1.62. The second-order valence-electron chi connectivity index (χ2n) is 7.21. The summed E-state index contributed by atoms with van der Waals surface area (Å²) in [6.07, 6.45) is -1.07. The average molecular weight is 402 g/mol. The van der Waals surface area contributed by atoms with Crippen LogP contribution in [0.2, 0.25) is 0 Å². The third-order valence-corrected chi connectivity index (χ3v) is 6.22. The molecule has 2 aromatic rings. The first-order valence-corrected chi connectivity index (χ1v) is 9.77. The lowest BCUT2D eigenvalue weighted by Gasteiger charge is -2.38. The second-order valence-corrected chi connectivity index (χ2v) is 8.50. The second kappa shape index (κ2) is 6.82. The molecule has 1 aliphatic heterocycles. The van der Waals surface area contributed by atoms with Crippen LogP contribution < -0.4 is 0 Å². The van der Waals surface area contributed by atoms with Crippen LogP contribution in [0.15, 0.2) is 4.52 Å². The van der Waals surface area contributed by atoms with Crippen molar-refractivity contribution >= 4 is 11.3 Å². The normalized spacial score (nSPS) is 20.9. The number of ether oxygens (including phenoxy) is 1. The largest absolute Gasteiger partial charge is 0.434 e. The fraction of sp³-hybridized carbons (Fsp3) is 0.706. The van der Waals surface area contributed by atoms with Crippen LogP contribution in [0.5, 0.6) is 0 Å². The predicted molar refractivity (Wildman–Crippen MR) is 91.3 cm³/mol. The molecule has 0 spiro atoms. The highest BCUT2D eigenvalue weighted by atomic mass is 32.1. The van der Waals surface area contributed by atoms with Crippen LogP contribution in [0.3, 0.4) is 0 Å². The minimum Gasteiger partial charge on any atom is -0.368 e. The van der Waals surface area contributed by atoms with Gasteiger partial charge >= 0.3 is 6.18 Å². The summed E-state index contributed by atoms with van der Waals surface area (Å²) in [4.78, 5) is 10.5. The fourth-order valence-corrected chi connectivity index (χ4v) is 4.50. The molecule has 0 unspecified atom stereocenters. The number of nitrogens with zero attached hydrogens (tertiary/aromatic N) is 4. The Labute approximate surface area is 158 Å². The number of likely N-dealkylation sites (tertiary alicyclic amines) is 1. The third kappa shape index (κ3) is 3.74. The molecule has 148 valence electrons. The van der Waals surface area contributed by atoms with E-state index in [9.17, 15) is 13.2 Å². The van der Waals surface area contributed by atoms with Gasteiger partial charge in [-0.1, -0.05) is 5.16 Å². The monoisotopic (exact) mass is 402 g/mol. The molecule has 1 saturated carbocycles. The molecular weight excluding hydrogens is 381 g/mol. The Hall–Kier alpha value is -1.52. The van der Waals surface area contributed by atoms with Crippen LogP contribution in [-0.4, -0.2) is 40.2 Å². The number of thiazole rings is 1. The van der Waals surface area contributed by atoms with Gasteiger partial charge in [0.1, 0.15) is 5.60 Å². The van der Waals surface area contributed by atoms with E-state index < -0.39 is 17.5 Å². The van der Waals surface area contributed by atoms with Crippen molar-refractivity contribution < 1.29 is 22.4 Å². The molecule has 2 fully saturated rings. The highest BCUT2D eigenvalue weighted by Gasteiger charge is 2.43. The molecular formula is C17H21F3N4O2S. The lowest BCUT2D eigenvalue weighted by Crippen LogP contribution is -2.43.